The number of likely N-dealkylation sites (N-methyl/N-ethyl adjacent to an activating group) is 1. The molecule has 6 atom stereocenters. The molecular formula is C39H51N5O10. The monoisotopic (exact) mass is 749 g/mol. The number of Topliss-reactive ketones (excluding diaryl/α,β-unsaturated/α-hetero) is 2. The first kappa shape index (κ1) is 38.9. The Bertz CT molecular complexity index is 1760. The van der Waals surface area contributed by atoms with Gasteiger partial charge in [-0.05, 0) is 88.9 Å². The number of rotatable bonds is 16. The predicted molar refractivity (Wildman–Crippen MR) is 195 cm³/mol. The highest BCUT2D eigenvalue weighted by molar-refractivity contribution is 5.98. The molecule has 3 heterocycles. The van der Waals surface area contributed by atoms with Gasteiger partial charge in [0, 0.05) is 37.0 Å². The first-order valence-corrected chi connectivity index (χ1v) is 18.8. The van der Waals surface area contributed by atoms with Crippen LogP contribution in [0, 0.1) is 11.8 Å². The zero-order valence-corrected chi connectivity index (χ0v) is 31.2. The molecule has 2 fully saturated rings. The molecule has 1 aromatic rings. The molecule has 2 bridgehead atoms. The number of benzene rings is 1. The number of carbonyl (C=O) groups excluding carboxylic acids is 5. The van der Waals surface area contributed by atoms with Crippen molar-refractivity contribution >= 4 is 35.4 Å². The molecular weight excluding hydrogens is 698 g/mol. The van der Waals surface area contributed by atoms with Gasteiger partial charge in [0.15, 0.2) is 29.1 Å². The number of unbranched alkanes of at least 4 members (excludes halogenated alkanes) is 1. The summed E-state index contributed by atoms with van der Waals surface area (Å²) < 4.78 is 18.6. The number of carbonyl (C=O) groups is 6. The number of ketones is 2. The highest BCUT2D eigenvalue weighted by Gasteiger charge is 2.62. The number of likely N-dealkylation sites (tertiary alicyclic amines) is 2. The third kappa shape index (κ3) is 7.61. The summed E-state index contributed by atoms with van der Waals surface area (Å²) in [4.78, 5) is 79.5. The molecule has 3 unspecified atom stereocenters. The Morgan fingerprint density at radius 1 is 1.11 bits per heavy atom. The quantitative estimate of drug-likeness (QED) is 0.142. The number of allylic oxidation sites excluding steroid dienone is 2. The van der Waals surface area contributed by atoms with Crippen LogP contribution in [0.5, 0.6) is 11.5 Å². The van der Waals surface area contributed by atoms with Gasteiger partial charge in [0.1, 0.15) is 5.78 Å². The fourth-order valence-corrected chi connectivity index (χ4v) is 8.94. The number of carboxylic acids is 1. The topological polar surface area (TPSA) is 207 Å². The van der Waals surface area contributed by atoms with Crippen LogP contribution in [0.3, 0.4) is 0 Å². The number of aliphatic carboxylic acids is 1. The van der Waals surface area contributed by atoms with Crippen LogP contribution in [0.1, 0.15) is 69.4 Å². The maximum absolute atomic E-state index is 14.1. The summed E-state index contributed by atoms with van der Waals surface area (Å²) in [6, 6.07) is 3.48. The number of ether oxygens (including phenoxy) is 3. The number of piperidine rings is 2. The lowest BCUT2D eigenvalue weighted by atomic mass is 9.57. The first-order valence-electron chi connectivity index (χ1n) is 18.8. The lowest BCUT2D eigenvalue weighted by Gasteiger charge is -2.52. The van der Waals surface area contributed by atoms with E-state index in [-0.39, 0.29) is 62.9 Å². The van der Waals surface area contributed by atoms with Gasteiger partial charge in [-0.2, -0.15) is 0 Å². The van der Waals surface area contributed by atoms with Crippen molar-refractivity contribution in [2.75, 3.05) is 46.9 Å². The van der Waals surface area contributed by atoms with E-state index in [0.717, 1.165) is 24.9 Å². The number of hydrogen-bond acceptors (Lipinski definition) is 11. The summed E-state index contributed by atoms with van der Waals surface area (Å²) in [6.07, 6.45) is 5.60. The van der Waals surface area contributed by atoms with E-state index in [2.05, 4.69) is 34.7 Å². The van der Waals surface area contributed by atoms with Gasteiger partial charge in [-0.15, -0.1) is 0 Å². The Hall–Kier alpha value is -4.76. The predicted octanol–water partition coefficient (Wildman–Crippen LogP) is 2.00. The molecule has 292 valence electrons. The standard InChI is InChI=1S/C39H51N5O10/c1-22(45)16-32(47)41-21-27(46)18-24(6-4-5-13-40)36(48)42-20-26-17-25(37(49)50)11-14-44(26)38(51)53-31-10-8-28-29-19-23-7-9-30(52-3)34-33(23)39(28,35(31)54-34)12-15-43(29)2/h7-10,24-26,29,35H,4-6,11-21,40H2,1-3H3,(H,41,47)(H,42,48)(H,49,50)/t24-,25?,26?,29-,35?,39+/m1/s1. The summed E-state index contributed by atoms with van der Waals surface area (Å²) >= 11 is 0. The van der Waals surface area contributed by atoms with Gasteiger partial charge in [-0.25, -0.2) is 4.79 Å². The third-order valence-corrected chi connectivity index (χ3v) is 11.7. The van der Waals surface area contributed by atoms with Crippen molar-refractivity contribution in [3.63, 3.8) is 0 Å². The summed E-state index contributed by atoms with van der Waals surface area (Å²) in [7, 11) is 3.73. The van der Waals surface area contributed by atoms with Gasteiger partial charge < -0.3 is 40.6 Å². The molecule has 0 aromatic heterocycles. The Kier molecular flexibility index (Phi) is 11.8. The van der Waals surface area contributed by atoms with Gasteiger partial charge in [0.05, 0.1) is 37.5 Å². The van der Waals surface area contributed by atoms with Gasteiger partial charge in [-0.3, -0.25) is 28.9 Å². The second kappa shape index (κ2) is 16.3. The van der Waals surface area contributed by atoms with Crippen molar-refractivity contribution in [1.82, 2.24) is 20.4 Å². The zero-order chi connectivity index (χ0) is 38.7. The number of hydrogen-bond donors (Lipinski definition) is 4. The van der Waals surface area contributed by atoms with Crippen molar-refractivity contribution in [3.8, 4) is 11.5 Å². The Labute approximate surface area is 314 Å². The van der Waals surface area contributed by atoms with Gasteiger partial charge in [0.2, 0.25) is 11.8 Å². The normalized spacial score (nSPS) is 25.6. The maximum atomic E-state index is 14.1. The highest BCUT2D eigenvalue weighted by atomic mass is 16.6. The van der Waals surface area contributed by atoms with Crippen LogP contribution in [0.4, 0.5) is 4.79 Å². The van der Waals surface area contributed by atoms with Crippen molar-refractivity contribution < 1.29 is 48.1 Å². The minimum atomic E-state index is -0.987. The summed E-state index contributed by atoms with van der Waals surface area (Å²) in [5.41, 5.74) is 8.64. The van der Waals surface area contributed by atoms with Crippen LogP contribution in [-0.4, -0.2) is 115 Å². The van der Waals surface area contributed by atoms with E-state index >= 15 is 0 Å². The molecule has 2 aliphatic carbocycles. The summed E-state index contributed by atoms with van der Waals surface area (Å²) in [5, 5.41) is 15.2. The molecule has 1 spiro atoms. The number of nitrogens with two attached hydrogens (primary N) is 1. The van der Waals surface area contributed by atoms with Crippen LogP contribution in [0.25, 0.3) is 0 Å². The number of nitrogens with one attached hydrogen (secondary N) is 2. The second-order valence-electron chi connectivity index (χ2n) is 15.1. The molecule has 1 aromatic carbocycles. The Morgan fingerprint density at radius 3 is 2.63 bits per heavy atom. The molecule has 3 aliphatic heterocycles. The van der Waals surface area contributed by atoms with Crippen LogP contribution in [0.2, 0.25) is 0 Å². The van der Waals surface area contributed by atoms with Crippen LogP contribution >= 0.6 is 0 Å². The highest BCUT2D eigenvalue weighted by Crippen LogP contribution is 2.62. The fourth-order valence-electron chi connectivity index (χ4n) is 8.94. The average Bonchev–Trinajstić information content (AvgIpc) is 3.50. The van der Waals surface area contributed by atoms with Crippen molar-refractivity contribution in [1.29, 1.82) is 0 Å². The number of methoxy groups -OCH3 is 1. The van der Waals surface area contributed by atoms with Crippen LogP contribution in [0.15, 0.2) is 35.6 Å². The largest absolute Gasteiger partial charge is 0.493 e. The Balaban J connectivity index is 1.17. The lowest BCUT2D eigenvalue weighted by molar-refractivity contribution is -0.144. The molecule has 3 amide bonds. The van der Waals surface area contributed by atoms with E-state index in [4.69, 9.17) is 19.9 Å². The SMILES string of the molecule is COc1ccc2c3c1OC1C(OC(=O)N4CCC(C(=O)O)CC4CNC(=O)[C@H](CCCCN)CC(=O)CNC(=O)CC(C)=O)=CC=C4[C@@H](C2)N(C)CC[C@]431. The number of nitrogens with zero attached hydrogens (tertiary/aromatic N) is 2. The molecule has 54 heavy (non-hydrogen) atoms. The zero-order valence-electron chi connectivity index (χ0n) is 31.2. The molecule has 15 nitrogen and oxygen atoms in total. The second-order valence-corrected chi connectivity index (χ2v) is 15.1. The minimum Gasteiger partial charge on any atom is -0.493 e. The maximum Gasteiger partial charge on any atom is 0.415 e. The molecule has 0 radical (unpaired) electrons. The molecule has 5 aliphatic rings. The molecule has 15 heteroatoms. The van der Waals surface area contributed by atoms with Crippen molar-refractivity contribution in [3.05, 3.63) is 46.7 Å². The van der Waals surface area contributed by atoms with E-state index in [1.807, 2.05) is 6.07 Å². The average molecular weight is 750 g/mol. The molecule has 2 saturated heterocycles. The van der Waals surface area contributed by atoms with E-state index in [1.165, 1.54) is 23.0 Å². The van der Waals surface area contributed by atoms with Gasteiger partial charge >= 0.3 is 12.1 Å². The summed E-state index contributed by atoms with van der Waals surface area (Å²) in [5.74, 6) is -2.52. The lowest BCUT2D eigenvalue weighted by Crippen LogP contribution is -2.59. The third-order valence-electron chi connectivity index (χ3n) is 11.7. The number of carboxylic acid groups (broad SMARTS) is 1. The van der Waals surface area contributed by atoms with Gasteiger partial charge in [-0.1, -0.05) is 18.6 Å². The van der Waals surface area contributed by atoms with E-state index in [0.29, 0.717) is 43.1 Å². The molecule has 5 N–H and O–H groups in total. The minimum absolute atomic E-state index is 0.0539. The first-order chi connectivity index (χ1) is 25.9. The molecule has 0 saturated carbocycles. The Morgan fingerprint density at radius 2 is 1.91 bits per heavy atom. The molecule has 6 rings (SSSR count). The van der Waals surface area contributed by atoms with Crippen molar-refractivity contribution in [2.24, 2.45) is 17.6 Å². The van der Waals surface area contributed by atoms with Crippen LogP contribution in [-0.2, 0) is 40.5 Å². The van der Waals surface area contributed by atoms with Crippen molar-refractivity contribution in [2.45, 2.75) is 88.3 Å². The summed E-state index contributed by atoms with van der Waals surface area (Å²) in [6.45, 7) is 2.25. The van der Waals surface area contributed by atoms with E-state index in [1.54, 1.807) is 13.2 Å². The number of amides is 3. The smallest absolute Gasteiger partial charge is 0.415 e. The van der Waals surface area contributed by atoms with Gasteiger partial charge in [0.25, 0.3) is 0 Å². The van der Waals surface area contributed by atoms with E-state index < -0.39 is 53.3 Å². The fraction of sp³-hybridized carbons (Fsp3) is 0.590. The van der Waals surface area contributed by atoms with Crippen LogP contribution < -0.4 is 25.8 Å². The van der Waals surface area contributed by atoms with E-state index in [9.17, 15) is 33.9 Å².